The van der Waals surface area contributed by atoms with Crippen LogP contribution in [0.25, 0.3) is 0 Å². The first kappa shape index (κ1) is 11.2. The highest BCUT2D eigenvalue weighted by atomic mass is 16.5. The van der Waals surface area contributed by atoms with E-state index < -0.39 is 0 Å². The lowest BCUT2D eigenvalue weighted by Crippen LogP contribution is -1.90. The highest BCUT2D eigenvalue weighted by molar-refractivity contribution is 5.46. The number of nitrogens with zero attached hydrogens (tertiary/aromatic N) is 1. The van der Waals surface area contributed by atoms with Crippen LogP contribution in [0.15, 0.2) is 42.5 Å². The van der Waals surface area contributed by atoms with Crippen LogP contribution in [0, 0.1) is 25.2 Å². The molecule has 0 unspecified atom stereocenters. The molecule has 0 aliphatic heterocycles. The third-order valence-electron chi connectivity index (χ3n) is 2.56. The quantitative estimate of drug-likeness (QED) is 0.771. The van der Waals surface area contributed by atoms with Crippen LogP contribution in [0.1, 0.15) is 16.7 Å². The van der Waals surface area contributed by atoms with Crippen LogP contribution in [-0.4, -0.2) is 0 Å². The smallest absolute Gasteiger partial charge is 0.145 e. The maximum atomic E-state index is 8.98. The van der Waals surface area contributed by atoms with Crippen molar-refractivity contribution >= 4 is 0 Å². The van der Waals surface area contributed by atoms with Crippen LogP contribution in [0.2, 0.25) is 0 Å². The molecule has 0 radical (unpaired) electrons. The van der Waals surface area contributed by atoms with Gasteiger partial charge in [0, 0.05) is 0 Å². The SMILES string of the molecule is Cc1ccc(Oc2ccccc2C#N)c(C)c1. The molecule has 0 aliphatic rings. The predicted octanol–water partition coefficient (Wildman–Crippen LogP) is 3.97. The summed E-state index contributed by atoms with van der Waals surface area (Å²) in [4.78, 5) is 0. The molecular weight excluding hydrogens is 210 g/mol. The van der Waals surface area contributed by atoms with Crippen LogP contribution >= 0.6 is 0 Å². The van der Waals surface area contributed by atoms with Crippen molar-refractivity contribution < 1.29 is 4.74 Å². The van der Waals surface area contributed by atoms with Gasteiger partial charge in [0.05, 0.1) is 5.56 Å². The molecule has 0 saturated carbocycles. The molecule has 17 heavy (non-hydrogen) atoms. The highest BCUT2D eigenvalue weighted by Crippen LogP contribution is 2.27. The fourth-order valence-corrected chi connectivity index (χ4v) is 1.68. The van der Waals surface area contributed by atoms with E-state index in [4.69, 9.17) is 10.00 Å². The van der Waals surface area contributed by atoms with Crippen molar-refractivity contribution in [3.63, 3.8) is 0 Å². The largest absolute Gasteiger partial charge is 0.456 e. The minimum Gasteiger partial charge on any atom is -0.456 e. The molecule has 2 aromatic carbocycles. The average molecular weight is 223 g/mol. The summed E-state index contributed by atoms with van der Waals surface area (Å²) in [5.74, 6) is 1.39. The molecule has 0 heterocycles. The van der Waals surface area contributed by atoms with Gasteiger partial charge in [0.1, 0.15) is 17.6 Å². The maximum absolute atomic E-state index is 8.98. The van der Waals surface area contributed by atoms with Crippen molar-refractivity contribution in [2.45, 2.75) is 13.8 Å². The highest BCUT2D eigenvalue weighted by Gasteiger charge is 2.05. The number of para-hydroxylation sites is 1. The number of rotatable bonds is 2. The molecule has 84 valence electrons. The third-order valence-corrected chi connectivity index (χ3v) is 2.56. The molecule has 0 bridgehead atoms. The van der Waals surface area contributed by atoms with Gasteiger partial charge in [-0.2, -0.15) is 5.26 Å². The van der Waals surface area contributed by atoms with Crippen molar-refractivity contribution in [2.75, 3.05) is 0 Å². The Morgan fingerprint density at radius 2 is 1.76 bits per heavy atom. The van der Waals surface area contributed by atoms with E-state index in [9.17, 15) is 0 Å². The normalized spacial score (nSPS) is 9.71. The topological polar surface area (TPSA) is 33.0 Å². The van der Waals surface area contributed by atoms with Gasteiger partial charge in [-0.1, -0.05) is 29.8 Å². The summed E-state index contributed by atoms with van der Waals surface area (Å²) in [5.41, 5.74) is 2.81. The first-order valence-electron chi connectivity index (χ1n) is 5.45. The van der Waals surface area contributed by atoms with Gasteiger partial charge in [-0.25, -0.2) is 0 Å². The van der Waals surface area contributed by atoms with E-state index in [1.807, 2.05) is 38.1 Å². The molecule has 0 N–H and O–H groups in total. The van der Waals surface area contributed by atoms with Gasteiger partial charge in [-0.05, 0) is 37.6 Å². The minimum atomic E-state index is 0.549. The molecular formula is C15H13NO. The Morgan fingerprint density at radius 3 is 2.47 bits per heavy atom. The van der Waals surface area contributed by atoms with Gasteiger partial charge >= 0.3 is 0 Å². The van der Waals surface area contributed by atoms with Crippen molar-refractivity contribution in [1.29, 1.82) is 5.26 Å². The zero-order valence-electron chi connectivity index (χ0n) is 9.90. The number of aryl methyl sites for hydroxylation is 2. The van der Waals surface area contributed by atoms with Gasteiger partial charge in [-0.15, -0.1) is 0 Å². The van der Waals surface area contributed by atoms with Crippen LogP contribution in [-0.2, 0) is 0 Å². The molecule has 0 aromatic heterocycles. The van der Waals surface area contributed by atoms with Crippen LogP contribution in [0.5, 0.6) is 11.5 Å². The first-order chi connectivity index (χ1) is 8.20. The van der Waals surface area contributed by atoms with Gasteiger partial charge in [0.25, 0.3) is 0 Å². The Kier molecular flexibility index (Phi) is 3.11. The zero-order valence-corrected chi connectivity index (χ0v) is 9.90. The number of hydrogen-bond acceptors (Lipinski definition) is 2. The molecule has 0 fully saturated rings. The minimum absolute atomic E-state index is 0.549. The fourth-order valence-electron chi connectivity index (χ4n) is 1.68. The van der Waals surface area contributed by atoms with Crippen molar-refractivity contribution in [1.82, 2.24) is 0 Å². The van der Waals surface area contributed by atoms with Gasteiger partial charge in [0.2, 0.25) is 0 Å². The van der Waals surface area contributed by atoms with Crippen LogP contribution in [0.4, 0.5) is 0 Å². The summed E-state index contributed by atoms with van der Waals surface area (Å²) >= 11 is 0. The van der Waals surface area contributed by atoms with Crippen LogP contribution in [0.3, 0.4) is 0 Å². The Hall–Kier alpha value is -2.27. The number of hydrogen-bond donors (Lipinski definition) is 0. The molecule has 0 amide bonds. The number of benzene rings is 2. The predicted molar refractivity (Wildman–Crippen MR) is 67.1 cm³/mol. The molecule has 0 aliphatic carbocycles. The lowest BCUT2D eigenvalue weighted by molar-refractivity contribution is 0.477. The van der Waals surface area contributed by atoms with Crippen molar-refractivity contribution in [3.8, 4) is 17.6 Å². The molecule has 2 nitrogen and oxygen atoms in total. The number of ether oxygens (including phenoxy) is 1. The van der Waals surface area contributed by atoms with E-state index in [1.54, 1.807) is 12.1 Å². The molecule has 0 atom stereocenters. The summed E-state index contributed by atoms with van der Waals surface area (Å²) in [6, 6.07) is 15.3. The second-order valence-electron chi connectivity index (χ2n) is 3.98. The summed E-state index contributed by atoms with van der Waals surface area (Å²) < 4.78 is 5.76. The molecule has 0 spiro atoms. The standard InChI is InChI=1S/C15H13NO/c1-11-7-8-14(12(2)9-11)17-15-6-4-3-5-13(15)10-16/h3-9H,1-2H3. The lowest BCUT2D eigenvalue weighted by Gasteiger charge is -2.10. The van der Waals surface area contributed by atoms with E-state index in [-0.39, 0.29) is 0 Å². The monoisotopic (exact) mass is 223 g/mol. The number of nitriles is 1. The Morgan fingerprint density at radius 1 is 1.00 bits per heavy atom. The molecule has 2 heteroatoms. The summed E-state index contributed by atoms with van der Waals surface area (Å²) in [5, 5.41) is 8.98. The lowest BCUT2D eigenvalue weighted by atomic mass is 10.1. The van der Waals surface area contributed by atoms with Crippen LogP contribution < -0.4 is 4.74 Å². The maximum Gasteiger partial charge on any atom is 0.145 e. The van der Waals surface area contributed by atoms with E-state index in [1.165, 1.54) is 5.56 Å². The average Bonchev–Trinajstić information content (AvgIpc) is 2.33. The fraction of sp³-hybridized carbons (Fsp3) is 0.133. The zero-order chi connectivity index (χ0) is 12.3. The molecule has 2 aromatic rings. The Labute approximate surface area is 101 Å². The molecule has 0 saturated heterocycles. The second-order valence-corrected chi connectivity index (χ2v) is 3.98. The summed E-state index contributed by atoms with van der Waals surface area (Å²) in [6.07, 6.45) is 0. The van der Waals surface area contributed by atoms with Gasteiger partial charge in [-0.3, -0.25) is 0 Å². The van der Waals surface area contributed by atoms with Gasteiger partial charge < -0.3 is 4.74 Å². The van der Waals surface area contributed by atoms with E-state index in [2.05, 4.69) is 12.1 Å². The van der Waals surface area contributed by atoms with E-state index in [0.717, 1.165) is 11.3 Å². The first-order valence-corrected chi connectivity index (χ1v) is 5.45. The second kappa shape index (κ2) is 4.71. The third kappa shape index (κ3) is 2.46. The summed E-state index contributed by atoms with van der Waals surface area (Å²) in [6.45, 7) is 4.04. The Bertz CT molecular complexity index is 582. The van der Waals surface area contributed by atoms with Crippen molar-refractivity contribution in [3.05, 3.63) is 59.2 Å². The van der Waals surface area contributed by atoms with E-state index >= 15 is 0 Å². The van der Waals surface area contributed by atoms with Gasteiger partial charge in [0.15, 0.2) is 0 Å². The van der Waals surface area contributed by atoms with Crippen molar-refractivity contribution in [2.24, 2.45) is 0 Å². The van der Waals surface area contributed by atoms with E-state index in [0.29, 0.717) is 11.3 Å². The Balaban J connectivity index is 2.35. The summed E-state index contributed by atoms with van der Waals surface area (Å²) in [7, 11) is 0. The molecule has 2 rings (SSSR count).